The first kappa shape index (κ1) is 9.25. The lowest BCUT2D eigenvalue weighted by Gasteiger charge is -2.01. The van der Waals surface area contributed by atoms with E-state index in [1.54, 1.807) is 11.0 Å². The molecule has 5 heteroatoms. The molecule has 0 amide bonds. The first-order valence-electron chi connectivity index (χ1n) is 3.89. The van der Waals surface area contributed by atoms with Gasteiger partial charge in [-0.1, -0.05) is 13.8 Å². The minimum absolute atomic E-state index is 0.155. The van der Waals surface area contributed by atoms with Crippen LogP contribution in [0.3, 0.4) is 0 Å². The van der Waals surface area contributed by atoms with Crippen LogP contribution in [-0.2, 0) is 6.54 Å². The number of anilines is 1. The van der Waals surface area contributed by atoms with Crippen LogP contribution in [0.1, 0.15) is 13.8 Å². The van der Waals surface area contributed by atoms with Gasteiger partial charge in [0.2, 0.25) is 5.13 Å². The number of nitrogens with zero attached hydrogens (tertiary/aromatic N) is 2. The lowest BCUT2D eigenvalue weighted by atomic mass is 10.2. The second-order valence-corrected chi connectivity index (χ2v) is 4.01. The maximum Gasteiger partial charge on any atom is 0.359 e. The molecule has 0 aliphatic rings. The topological polar surface area (TPSA) is 46.9 Å². The highest BCUT2D eigenvalue weighted by molar-refractivity contribution is 7.10. The Morgan fingerprint density at radius 3 is 2.75 bits per heavy atom. The van der Waals surface area contributed by atoms with E-state index in [0.717, 1.165) is 6.54 Å². The fraction of sp³-hybridized carbons (Fsp3) is 0.714. The summed E-state index contributed by atoms with van der Waals surface area (Å²) < 4.78 is 1.66. The molecule has 0 aromatic carbocycles. The zero-order chi connectivity index (χ0) is 9.14. The normalized spacial score (nSPS) is 10.7. The molecule has 0 fully saturated rings. The SMILES string of the molecule is CNc1nc(=O)n(CC(C)C)s1. The molecule has 0 saturated carbocycles. The Bertz CT molecular complexity index is 302. The van der Waals surface area contributed by atoms with Gasteiger partial charge in [-0.25, -0.2) is 8.75 Å². The molecule has 4 nitrogen and oxygen atoms in total. The molecule has 0 aliphatic heterocycles. The summed E-state index contributed by atoms with van der Waals surface area (Å²) in [7, 11) is 1.76. The predicted octanol–water partition coefficient (Wildman–Crippen LogP) is 1.00. The van der Waals surface area contributed by atoms with Gasteiger partial charge in [0, 0.05) is 13.6 Å². The van der Waals surface area contributed by atoms with E-state index in [0.29, 0.717) is 11.0 Å². The minimum Gasteiger partial charge on any atom is -0.363 e. The number of rotatable bonds is 3. The molecule has 68 valence electrons. The maximum absolute atomic E-state index is 11.2. The van der Waals surface area contributed by atoms with Gasteiger partial charge in [-0.3, -0.25) is 0 Å². The van der Waals surface area contributed by atoms with E-state index in [1.807, 2.05) is 0 Å². The Balaban J connectivity index is 2.85. The zero-order valence-electron chi connectivity index (χ0n) is 7.50. The van der Waals surface area contributed by atoms with Crippen molar-refractivity contribution in [1.29, 1.82) is 0 Å². The summed E-state index contributed by atoms with van der Waals surface area (Å²) in [4.78, 5) is 15.0. The van der Waals surface area contributed by atoms with E-state index in [2.05, 4.69) is 24.1 Å². The highest BCUT2D eigenvalue weighted by Crippen LogP contribution is 2.08. The van der Waals surface area contributed by atoms with Crippen molar-refractivity contribution in [3.05, 3.63) is 10.5 Å². The summed E-state index contributed by atoms with van der Waals surface area (Å²) in [5, 5.41) is 3.53. The van der Waals surface area contributed by atoms with E-state index in [1.165, 1.54) is 11.5 Å². The molecule has 0 atom stereocenters. The van der Waals surface area contributed by atoms with Gasteiger partial charge in [0.05, 0.1) is 0 Å². The van der Waals surface area contributed by atoms with Crippen LogP contribution in [0.15, 0.2) is 4.79 Å². The molecule has 0 aliphatic carbocycles. The summed E-state index contributed by atoms with van der Waals surface area (Å²) in [6.45, 7) is 4.90. The van der Waals surface area contributed by atoms with Crippen molar-refractivity contribution in [2.75, 3.05) is 12.4 Å². The summed E-state index contributed by atoms with van der Waals surface area (Å²) in [6.07, 6.45) is 0. The largest absolute Gasteiger partial charge is 0.363 e. The Hall–Kier alpha value is -0.840. The molecular formula is C7H13N3OS. The predicted molar refractivity (Wildman–Crippen MR) is 50.8 cm³/mol. The van der Waals surface area contributed by atoms with Gasteiger partial charge in [-0.05, 0) is 17.5 Å². The monoisotopic (exact) mass is 187 g/mol. The third kappa shape index (κ3) is 2.07. The van der Waals surface area contributed by atoms with Crippen LogP contribution >= 0.6 is 11.5 Å². The number of nitrogens with one attached hydrogen (secondary N) is 1. The first-order valence-corrected chi connectivity index (χ1v) is 4.66. The molecule has 0 bridgehead atoms. The van der Waals surface area contributed by atoms with E-state index in [-0.39, 0.29) is 5.69 Å². The number of aromatic nitrogens is 2. The molecular weight excluding hydrogens is 174 g/mol. The molecule has 1 heterocycles. The highest BCUT2D eigenvalue weighted by Gasteiger charge is 2.05. The third-order valence-electron chi connectivity index (χ3n) is 1.35. The molecule has 0 saturated heterocycles. The van der Waals surface area contributed by atoms with Crippen LogP contribution in [0.5, 0.6) is 0 Å². The van der Waals surface area contributed by atoms with Crippen molar-refractivity contribution in [3.63, 3.8) is 0 Å². The Morgan fingerprint density at radius 1 is 1.67 bits per heavy atom. The van der Waals surface area contributed by atoms with Gasteiger partial charge in [0.25, 0.3) is 0 Å². The van der Waals surface area contributed by atoms with E-state index < -0.39 is 0 Å². The maximum atomic E-state index is 11.2. The number of hydrogen-bond donors (Lipinski definition) is 1. The van der Waals surface area contributed by atoms with Gasteiger partial charge in [0.15, 0.2) is 0 Å². The van der Waals surface area contributed by atoms with E-state index in [4.69, 9.17) is 0 Å². The highest BCUT2D eigenvalue weighted by atomic mass is 32.1. The third-order valence-corrected chi connectivity index (χ3v) is 2.35. The second kappa shape index (κ2) is 3.71. The Kier molecular flexibility index (Phi) is 2.86. The lowest BCUT2D eigenvalue weighted by molar-refractivity contribution is 0.537. The fourth-order valence-corrected chi connectivity index (χ4v) is 1.77. The molecule has 1 N–H and O–H groups in total. The molecule has 12 heavy (non-hydrogen) atoms. The molecule has 1 aromatic heterocycles. The standard InChI is InChI=1S/C7H13N3OS/c1-5(2)4-10-7(11)9-6(8-3)12-10/h5H,4H2,1-3H3,(H,8,9,11). The quantitative estimate of drug-likeness (QED) is 0.768. The summed E-state index contributed by atoms with van der Waals surface area (Å²) in [5.41, 5.74) is -0.155. The zero-order valence-corrected chi connectivity index (χ0v) is 8.31. The summed E-state index contributed by atoms with van der Waals surface area (Å²) in [6, 6.07) is 0. The van der Waals surface area contributed by atoms with Crippen molar-refractivity contribution in [1.82, 2.24) is 8.94 Å². The molecule has 0 unspecified atom stereocenters. The van der Waals surface area contributed by atoms with Gasteiger partial charge in [0.1, 0.15) is 0 Å². The van der Waals surface area contributed by atoms with Crippen LogP contribution in [-0.4, -0.2) is 16.0 Å². The van der Waals surface area contributed by atoms with Gasteiger partial charge in [-0.15, -0.1) is 0 Å². The van der Waals surface area contributed by atoms with Crippen LogP contribution in [0.2, 0.25) is 0 Å². The van der Waals surface area contributed by atoms with E-state index in [9.17, 15) is 4.79 Å². The van der Waals surface area contributed by atoms with Gasteiger partial charge >= 0.3 is 5.69 Å². The summed E-state index contributed by atoms with van der Waals surface area (Å²) >= 11 is 1.37. The van der Waals surface area contributed by atoms with E-state index >= 15 is 0 Å². The summed E-state index contributed by atoms with van der Waals surface area (Å²) in [5.74, 6) is 0.479. The number of hydrogen-bond acceptors (Lipinski definition) is 4. The van der Waals surface area contributed by atoms with Crippen molar-refractivity contribution in [3.8, 4) is 0 Å². The minimum atomic E-state index is -0.155. The molecule has 1 aromatic rings. The van der Waals surface area contributed by atoms with Crippen LogP contribution in [0.25, 0.3) is 0 Å². The fourth-order valence-electron chi connectivity index (χ4n) is 0.855. The Labute approximate surface area is 75.4 Å². The smallest absolute Gasteiger partial charge is 0.359 e. The lowest BCUT2D eigenvalue weighted by Crippen LogP contribution is -2.17. The molecule has 0 spiro atoms. The molecule has 1 rings (SSSR count). The van der Waals surface area contributed by atoms with Crippen LogP contribution in [0.4, 0.5) is 5.13 Å². The van der Waals surface area contributed by atoms with Gasteiger partial charge < -0.3 is 5.32 Å². The van der Waals surface area contributed by atoms with Gasteiger partial charge in [-0.2, -0.15) is 4.98 Å². The van der Waals surface area contributed by atoms with Crippen molar-refractivity contribution in [2.45, 2.75) is 20.4 Å². The van der Waals surface area contributed by atoms with Crippen LogP contribution in [0, 0.1) is 5.92 Å². The van der Waals surface area contributed by atoms with Crippen molar-refractivity contribution < 1.29 is 0 Å². The molecule has 0 radical (unpaired) electrons. The average molecular weight is 187 g/mol. The van der Waals surface area contributed by atoms with Crippen molar-refractivity contribution >= 4 is 16.7 Å². The van der Waals surface area contributed by atoms with Crippen molar-refractivity contribution in [2.24, 2.45) is 5.92 Å². The average Bonchev–Trinajstić information content (AvgIpc) is 2.31. The van der Waals surface area contributed by atoms with Crippen LogP contribution < -0.4 is 11.0 Å². The second-order valence-electron chi connectivity index (χ2n) is 3.00. The Morgan fingerprint density at radius 2 is 2.33 bits per heavy atom. The first-order chi connectivity index (χ1) is 5.63.